The number of thioether (sulfide) groups is 1. The molecule has 76 valence electrons. The van der Waals surface area contributed by atoms with E-state index in [-0.39, 0.29) is 12.6 Å². The highest BCUT2D eigenvalue weighted by molar-refractivity contribution is 7.99. The Morgan fingerprint density at radius 1 is 1.36 bits per heavy atom. The van der Waals surface area contributed by atoms with E-state index in [1.54, 1.807) is 0 Å². The Morgan fingerprint density at radius 2 is 2.14 bits per heavy atom. The number of aliphatic hydroxyl groups excluding tert-OH is 1. The molecule has 2 nitrogen and oxygen atoms in total. The van der Waals surface area contributed by atoms with Crippen molar-refractivity contribution in [2.45, 2.75) is 11.3 Å². The van der Waals surface area contributed by atoms with E-state index >= 15 is 0 Å². The van der Waals surface area contributed by atoms with Gasteiger partial charge in [0.1, 0.15) is 0 Å². The monoisotopic (exact) mass is 209 g/mol. The Kier molecular flexibility index (Phi) is 3.45. The molecule has 2 unspecified atom stereocenters. The van der Waals surface area contributed by atoms with Crippen LogP contribution in [0.4, 0.5) is 0 Å². The van der Waals surface area contributed by atoms with Gasteiger partial charge in [0.2, 0.25) is 0 Å². The second-order valence-corrected chi connectivity index (χ2v) is 4.76. The smallest absolute Gasteiger partial charge is 0.0592 e. The van der Waals surface area contributed by atoms with Crippen molar-refractivity contribution < 1.29 is 5.11 Å². The van der Waals surface area contributed by atoms with Gasteiger partial charge in [0, 0.05) is 23.6 Å². The molecule has 0 spiro atoms. The van der Waals surface area contributed by atoms with E-state index in [9.17, 15) is 0 Å². The summed E-state index contributed by atoms with van der Waals surface area (Å²) < 4.78 is 0. The molecule has 1 fully saturated rings. The van der Waals surface area contributed by atoms with Crippen molar-refractivity contribution >= 4 is 11.8 Å². The van der Waals surface area contributed by atoms with E-state index in [1.165, 1.54) is 5.56 Å². The number of rotatable bonds is 2. The van der Waals surface area contributed by atoms with Crippen LogP contribution in [0.25, 0.3) is 0 Å². The van der Waals surface area contributed by atoms with E-state index in [0.29, 0.717) is 5.25 Å². The van der Waals surface area contributed by atoms with Crippen LogP contribution in [0.1, 0.15) is 10.8 Å². The van der Waals surface area contributed by atoms with Crippen molar-refractivity contribution in [2.24, 2.45) is 0 Å². The van der Waals surface area contributed by atoms with E-state index < -0.39 is 0 Å². The van der Waals surface area contributed by atoms with E-state index in [4.69, 9.17) is 5.11 Å². The third-order valence-electron chi connectivity index (χ3n) is 2.48. The van der Waals surface area contributed by atoms with Crippen LogP contribution in [0.2, 0.25) is 0 Å². The maximum absolute atomic E-state index is 8.97. The lowest BCUT2D eigenvalue weighted by molar-refractivity contribution is 0.252. The second kappa shape index (κ2) is 4.82. The van der Waals surface area contributed by atoms with Gasteiger partial charge in [-0.25, -0.2) is 0 Å². The summed E-state index contributed by atoms with van der Waals surface area (Å²) in [7, 11) is 0. The van der Waals surface area contributed by atoms with Gasteiger partial charge in [0.15, 0.2) is 0 Å². The van der Waals surface area contributed by atoms with Crippen molar-refractivity contribution in [3.63, 3.8) is 0 Å². The summed E-state index contributed by atoms with van der Waals surface area (Å²) in [6, 6.07) is 10.8. The quantitative estimate of drug-likeness (QED) is 0.773. The summed E-state index contributed by atoms with van der Waals surface area (Å²) in [6.07, 6.45) is 0. The van der Waals surface area contributed by atoms with Crippen LogP contribution >= 0.6 is 11.8 Å². The van der Waals surface area contributed by atoms with Gasteiger partial charge < -0.3 is 10.4 Å². The molecule has 2 N–H and O–H groups in total. The number of hydrogen-bond donors (Lipinski definition) is 2. The largest absolute Gasteiger partial charge is 0.395 e. The number of hydrogen-bond acceptors (Lipinski definition) is 3. The zero-order valence-electron chi connectivity index (χ0n) is 8.02. The van der Waals surface area contributed by atoms with Crippen LogP contribution in [-0.2, 0) is 0 Å². The molecule has 1 saturated heterocycles. The maximum Gasteiger partial charge on any atom is 0.0592 e. The third kappa shape index (κ3) is 2.29. The topological polar surface area (TPSA) is 32.3 Å². The first-order valence-corrected chi connectivity index (χ1v) is 5.96. The van der Waals surface area contributed by atoms with E-state index in [2.05, 4.69) is 29.6 Å². The summed E-state index contributed by atoms with van der Waals surface area (Å²) in [5.74, 6) is 0.996. The summed E-state index contributed by atoms with van der Waals surface area (Å²) in [5.41, 5.74) is 1.38. The van der Waals surface area contributed by atoms with Crippen molar-refractivity contribution in [1.82, 2.24) is 5.32 Å². The Bertz CT molecular complexity index is 270. The molecule has 2 atom stereocenters. The van der Waals surface area contributed by atoms with Crippen LogP contribution in [0.3, 0.4) is 0 Å². The summed E-state index contributed by atoms with van der Waals surface area (Å²) in [5, 5.41) is 12.9. The number of benzene rings is 1. The molecule has 0 aromatic heterocycles. The lowest BCUT2D eigenvalue weighted by Crippen LogP contribution is -2.41. The fourth-order valence-electron chi connectivity index (χ4n) is 1.62. The zero-order valence-corrected chi connectivity index (χ0v) is 8.83. The number of aliphatic hydroxyl groups is 1. The van der Waals surface area contributed by atoms with Crippen LogP contribution in [-0.4, -0.2) is 30.1 Å². The molecule has 0 amide bonds. The van der Waals surface area contributed by atoms with Gasteiger partial charge in [-0.1, -0.05) is 30.3 Å². The molecule has 0 aliphatic carbocycles. The van der Waals surface area contributed by atoms with Gasteiger partial charge in [-0.3, -0.25) is 0 Å². The predicted octanol–water partition coefficient (Wildman–Crippen LogP) is 1.43. The average Bonchev–Trinajstić information content (AvgIpc) is 2.30. The van der Waals surface area contributed by atoms with Crippen molar-refractivity contribution in [3.8, 4) is 0 Å². The minimum absolute atomic E-state index is 0.245. The molecular formula is C11H15NOS. The molecule has 1 aromatic carbocycles. The van der Waals surface area contributed by atoms with Gasteiger partial charge >= 0.3 is 0 Å². The van der Waals surface area contributed by atoms with Crippen molar-refractivity contribution in [3.05, 3.63) is 35.9 Å². The fraction of sp³-hybridized carbons (Fsp3) is 0.455. The molecule has 1 heterocycles. The first-order valence-electron chi connectivity index (χ1n) is 4.91. The molecule has 14 heavy (non-hydrogen) atoms. The highest BCUT2D eigenvalue weighted by Gasteiger charge is 2.20. The lowest BCUT2D eigenvalue weighted by atomic mass is 10.1. The molecular weight excluding hydrogens is 194 g/mol. The summed E-state index contributed by atoms with van der Waals surface area (Å²) in [4.78, 5) is 0. The number of nitrogens with one attached hydrogen (secondary N) is 1. The Morgan fingerprint density at radius 3 is 2.71 bits per heavy atom. The highest BCUT2D eigenvalue weighted by Crippen LogP contribution is 2.31. The molecule has 1 aliphatic heterocycles. The Labute approximate surface area is 88.7 Å². The van der Waals surface area contributed by atoms with Gasteiger partial charge in [0.05, 0.1) is 6.61 Å². The van der Waals surface area contributed by atoms with Gasteiger partial charge in [-0.05, 0) is 5.56 Å². The average molecular weight is 209 g/mol. The predicted molar refractivity (Wildman–Crippen MR) is 60.5 cm³/mol. The first kappa shape index (κ1) is 10.0. The second-order valence-electron chi connectivity index (χ2n) is 3.52. The first-order chi connectivity index (χ1) is 6.90. The Hall–Kier alpha value is -0.510. The molecule has 0 bridgehead atoms. The van der Waals surface area contributed by atoms with E-state index in [0.717, 1.165) is 12.3 Å². The summed E-state index contributed by atoms with van der Waals surface area (Å²) >= 11 is 1.93. The fourth-order valence-corrected chi connectivity index (χ4v) is 2.87. The molecule has 2 rings (SSSR count). The maximum atomic E-state index is 8.97. The van der Waals surface area contributed by atoms with Gasteiger partial charge in [0.25, 0.3) is 0 Å². The molecule has 1 aromatic rings. The minimum atomic E-state index is 0.245. The zero-order chi connectivity index (χ0) is 9.80. The molecule has 0 saturated carbocycles. The molecule has 1 aliphatic rings. The molecule has 0 radical (unpaired) electrons. The van der Waals surface area contributed by atoms with Crippen molar-refractivity contribution in [2.75, 3.05) is 18.9 Å². The van der Waals surface area contributed by atoms with Crippen LogP contribution in [0, 0.1) is 0 Å². The third-order valence-corrected chi connectivity index (χ3v) is 3.92. The van der Waals surface area contributed by atoms with Gasteiger partial charge in [-0.15, -0.1) is 0 Å². The van der Waals surface area contributed by atoms with Gasteiger partial charge in [-0.2, -0.15) is 11.8 Å². The lowest BCUT2D eigenvalue weighted by Gasteiger charge is -2.28. The Balaban J connectivity index is 1.96. The SMILES string of the molecule is OCC1CSC(c2ccccc2)CN1. The minimum Gasteiger partial charge on any atom is -0.395 e. The van der Waals surface area contributed by atoms with Crippen LogP contribution in [0.15, 0.2) is 30.3 Å². The van der Waals surface area contributed by atoms with Crippen molar-refractivity contribution in [1.29, 1.82) is 0 Å². The summed E-state index contributed by atoms with van der Waals surface area (Å²) in [6.45, 7) is 1.20. The molecule has 3 heteroatoms. The normalized spacial score (nSPS) is 27.5. The van der Waals surface area contributed by atoms with E-state index in [1.807, 2.05) is 17.8 Å². The standard InChI is InChI=1S/C11H15NOS/c13-7-10-8-14-11(6-12-10)9-4-2-1-3-5-9/h1-5,10-13H,6-8H2. The van der Waals surface area contributed by atoms with Crippen LogP contribution in [0.5, 0.6) is 0 Å². The van der Waals surface area contributed by atoms with Crippen LogP contribution < -0.4 is 5.32 Å². The highest BCUT2D eigenvalue weighted by atomic mass is 32.2.